The van der Waals surface area contributed by atoms with Crippen molar-refractivity contribution in [1.29, 1.82) is 0 Å². The summed E-state index contributed by atoms with van der Waals surface area (Å²) in [6.07, 6.45) is 4.82. The summed E-state index contributed by atoms with van der Waals surface area (Å²) in [5.74, 6) is 0.145. The predicted molar refractivity (Wildman–Crippen MR) is 119 cm³/mol. The SMILES string of the molecule is Cc1nn(-c2ccccc2)c2c1N(CC(=O)NCCCN1CCCCC1)C(=O)CS2. The van der Waals surface area contributed by atoms with Gasteiger partial charge in [-0.15, -0.1) is 0 Å². The van der Waals surface area contributed by atoms with Crippen LogP contribution in [0.1, 0.15) is 31.4 Å². The van der Waals surface area contributed by atoms with E-state index in [4.69, 9.17) is 0 Å². The molecular formula is C22H29N5O2S. The molecule has 2 amide bonds. The number of piperidine rings is 1. The third-order valence-corrected chi connectivity index (χ3v) is 6.65. The fraction of sp³-hybridized carbons (Fsp3) is 0.500. The number of carbonyl (C=O) groups is 2. The van der Waals surface area contributed by atoms with Crippen LogP contribution in [0.2, 0.25) is 0 Å². The molecule has 2 aromatic rings. The van der Waals surface area contributed by atoms with Gasteiger partial charge >= 0.3 is 0 Å². The Kier molecular flexibility index (Phi) is 6.74. The minimum atomic E-state index is -0.119. The molecule has 8 heteroatoms. The van der Waals surface area contributed by atoms with Crippen LogP contribution in [0.15, 0.2) is 35.4 Å². The largest absolute Gasteiger partial charge is 0.355 e. The average Bonchev–Trinajstić information content (AvgIpc) is 3.11. The Bertz CT molecular complexity index is 892. The number of hydrogen-bond acceptors (Lipinski definition) is 5. The number of para-hydroxylation sites is 1. The second-order valence-electron chi connectivity index (χ2n) is 7.86. The third kappa shape index (κ3) is 4.70. The Hall–Kier alpha value is -2.32. The van der Waals surface area contributed by atoms with Gasteiger partial charge < -0.3 is 10.2 Å². The van der Waals surface area contributed by atoms with Crippen LogP contribution in [0.5, 0.6) is 0 Å². The van der Waals surface area contributed by atoms with Crippen molar-refractivity contribution in [3.8, 4) is 5.69 Å². The summed E-state index contributed by atoms with van der Waals surface area (Å²) in [4.78, 5) is 29.2. The van der Waals surface area contributed by atoms with Crippen molar-refractivity contribution in [3.05, 3.63) is 36.0 Å². The summed E-state index contributed by atoms with van der Waals surface area (Å²) in [5, 5.41) is 8.54. The number of nitrogens with one attached hydrogen (secondary N) is 1. The lowest BCUT2D eigenvalue weighted by Crippen LogP contribution is -2.44. The Morgan fingerprint density at radius 2 is 1.93 bits per heavy atom. The van der Waals surface area contributed by atoms with Crippen molar-refractivity contribution in [3.63, 3.8) is 0 Å². The number of carbonyl (C=O) groups excluding carboxylic acids is 2. The van der Waals surface area contributed by atoms with Crippen LogP contribution in [-0.2, 0) is 9.59 Å². The van der Waals surface area contributed by atoms with E-state index in [9.17, 15) is 9.59 Å². The molecule has 0 unspecified atom stereocenters. The zero-order valence-electron chi connectivity index (χ0n) is 17.5. The molecule has 4 rings (SSSR count). The maximum Gasteiger partial charge on any atom is 0.240 e. The van der Waals surface area contributed by atoms with Gasteiger partial charge in [-0.1, -0.05) is 36.4 Å². The van der Waals surface area contributed by atoms with Crippen LogP contribution < -0.4 is 10.2 Å². The summed E-state index contributed by atoms with van der Waals surface area (Å²) in [7, 11) is 0. The lowest BCUT2D eigenvalue weighted by Gasteiger charge is -2.27. The van der Waals surface area contributed by atoms with Crippen molar-refractivity contribution in [2.24, 2.45) is 0 Å². The van der Waals surface area contributed by atoms with Crippen LogP contribution in [0, 0.1) is 6.92 Å². The summed E-state index contributed by atoms with van der Waals surface area (Å²) >= 11 is 1.48. The molecule has 30 heavy (non-hydrogen) atoms. The number of thioether (sulfide) groups is 1. The molecule has 1 aromatic heterocycles. The highest BCUT2D eigenvalue weighted by Gasteiger charge is 2.32. The monoisotopic (exact) mass is 427 g/mol. The van der Waals surface area contributed by atoms with Gasteiger partial charge in [0.05, 0.1) is 22.8 Å². The first kappa shape index (κ1) is 20.9. The van der Waals surface area contributed by atoms with Crippen molar-refractivity contribution in [2.75, 3.05) is 43.4 Å². The minimum absolute atomic E-state index is 0.0391. The molecule has 1 aromatic carbocycles. The average molecular weight is 428 g/mol. The molecule has 1 saturated heterocycles. The molecular weight excluding hydrogens is 398 g/mol. The van der Waals surface area contributed by atoms with Gasteiger partial charge in [0.25, 0.3) is 0 Å². The van der Waals surface area contributed by atoms with Gasteiger partial charge in [-0.2, -0.15) is 5.10 Å². The highest BCUT2D eigenvalue weighted by atomic mass is 32.2. The molecule has 2 aliphatic rings. The number of hydrogen-bond donors (Lipinski definition) is 1. The Labute approximate surface area is 181 Å². The Balaban J connectivity index is 1.38. The first-order valence-electron chi connectivity index (χ1n) is 10.7. The number of amides is 2. The van der Waals surface area contributed by atoms with E-state index in [2.05, 4.69) is 15.3 Å². The maximum atomic E-state index is 12.6. The molecule has 7 nitrogen and oxygen atoms in total. The van der Waals surface area contributed by atoms with E-state index >= 15 is 0 Å². The number of nitrogens with zero attached hydrogens (tertiary/aromatic N) is 4. The van der Waals surface area contributed by atoms with E-state index in [1.807, 2.05) is 41.9 Å². The smallest absolute Gasteiger partial charge is 0.240 e. The van der Waals surface area contributed by atoms with Gasteiger partial charge in [0.15, 0.2) is 0 Å². The number of likely N-dealkylation sites (tertiary alicyclic amines) is 1. The molecule has 1 fully saturated rings. The quantitative estimate of drug-likeness (QED) is 0.688. The molecule has 0 bridgehead atoms. The number of aromatic nitrogens is 2. The highest BCUT2D eigenvalue weighted by molar-refractivity contribution is 8.00. The van der Waals surface area contributed by atoms with Crippen molar-refractivity contribution >= 4 is 29.3 Å². The second-order valence-corrected chi connectivity index (χ2v) is 8.82. The summed E-state index contributed by atoms with van der Waals surface area (Å²) < 4.78 is 1.87. The topological polar surface area (TPSA) is 70.5 Å². The van der Waals surface area contributed by atoms with Crippen LogP contribution in [-0.4, -0.2) is 65.0 Å². The highest BCUT2D eigenvalue weighted by Crippen LogP contribution is 2.39. The maximum absolute atomic E-state index is 12.6. The lowest BCUT2D eigenvalue weighted by atomic mass is 10.1. The number of rotatable bonds is 7. The molecule has 0 aliphatic carbocycles. The molecule has 0 spiro atoms. The summed E-state index contributed by atoms with van der Waals surface area (Å²) in [5.41, 5.74) is 2.46. The first-order chi connectivity index (χ1) is 14.6. The number of fused-ring (bicyclic) bond motifs is 1. The van der Waals surface area contributed by atoms with Gasteiger partial charge in [-0.05, 0) is 58.0 Å². The summed E-state index contributed by atoms with van der Waals surface area (Å²) in [6.45, 7) is 5.93. The predicted octanol–water partition coefficient (Wildman–Crippen LogP) is 2.61. The molecule has 2 aliphatic heterocycles. The molecule has 3 heterocycles. The standard InChI is InChI=1S/C22H29N5O2S/c1-17-21-22(27(24-17)18-9-4-2-5-10-18)30-16-20(29)26(21)15-19(28)23-11-8-14-25-12-6-3-7-13-25/h2,4-5,9-10H,3,6-8,11-16H2,1H3,(H,23,28). The Morgan fingerprint density at radius 1 is 1.17 bits per heavy atom. The molecule has 0 saturated carbocycles. The minimum Gasteiger partial charge on any atom is -0.355 e. The summed E-state index contributed by atoms with van der Waals surface area (Å²) in [6, 6.07) is 9.87. The molecule has 160 valence electrons. The fourth-order valence-electron chi connectivity index (χ4n) is 4.10. The molecule has 0 atom stereocenters. The van der Waals surface area contributed by atoms with E-state index < -0.39 is 0 Å². The fourth-order valence-corrected chi connectivity index (χ4v) is 5.17. The van der Waals surface area contributed by atoms with Crippen molar-refractivity contribution in [2.45, 2.75) is 37.6 Å². The van der Waals surface area contributed by atoms with Gasteiger partial charge in [-0.3, -0.25) is 14.5 Å². The number of anilines is 1. The van der Waals surface area contributed by atoms with Crippen LogP contribution in [0.25, 0.3) is 5.69 Å². The number of aryl methyl sites for hydroxylation is 1. The van der Waals surface area contributed by atoms with Gasteiger partial charge in [0.1, 0.15) is 11.6 Å². The van der Waals surface area contributed by atoms with Crippen LogP contribution in [0.4, 0.5) is 5.69 Å². The van der Waals surface area contributed by atoms with Gasteiger partial charge in [0.2, 0.25) is 11.8 Å². The van der Waals surface area contributed by atoms with E-state index in [-0.39, 0.29) is 18.4 Å². The van der Waals surface area contributed by atoms with E-state index in [0.717, 1.165) is 35.1 Å². The normalized spacial score (nSPS) is 17.1. The van der Waals surface area contributed by atoms with Gasteiger partial charge in [0, 0.05) is 6.54 Å². The van der Waals surface area contributed by atoms with Crippen LogP contribution >= 0.6 is 11.8 Å². The van der Waals surface area contributed by atoms with Crippen LogP contribution in [0.3, 0.4) is 0 Å². The van der Waals surface area contributed by atoms with Gasteiger partial charge in [-0.25, -0.2) is 4.68 Å². The van der Waals surface area contributed by atoms with Crippen molar-refractivity contribution < 1.29 is 9.59 Å². The van der Waals surface area contributed by atoms with E-state index in [1.165, 1.54) is 44.1 Å². The zero-order chi connectivity index (χ0) is 20.9. The molecule has 1 N–H and O–H groups in total. The third-order valence-electron chi connectivity index (χ3n) is 5.62. The second kappa shape index (κ2) is 9.66. The van der Waals surface area contributed by atoms with E-state index in [1.54, 1.807) is 4.90 Å². The zero-order valence-corrected chi connectivity index (χ0v) is 18.3. The first-order valence-corrected chi connectivity index (χ1v) is 11.7. The van der Waals surface area contributed by atoms with E-state index in [0.29, 0.717) is 12.3 Å². The molecule has 0 radical (unpaired) electrons. The Morgan fingerprint density at radius 3 is 2.70 bits per heavy atom. The van der Waals surface area contributed by atoms with Crippen molar-refractivity contribution in [1.82, 2.24) is 20.0 Å². The lowest BCUT2D eigenvalue weighted by molar-refractivity contribution is -0.123. The number of benzene rings is 1.